The molecule has 1 aromatic rings. The van der Waals surface area contributed by atoms with E-state index in [-0.39, 0.29) is 6.04 Å². The molecule has 1 aromatic heterocycles. The van der Waals surface area contributed by atoms with Crippen molar-refractivity contribution >= 4 is 11.8 Å². The molecule has 3 heteroatoms. The molecule has 0 saturated carbocycles. The zero-order chi connectivity index (χ0) is 9.14. The van der Waals surface area contributed by atoms with Gasteiger partial charge in [-0.25, -0.2) is 4.98 Å². The lowest BCUT2D eigenvalue weighted by Gasteiger charge is -2.07. The van der Waals surface area contributed by atoms with Crippen molar-refractivity contribution in [2.24, 2.45) is 5.73 Å². The lowest BCUT2D eigenvalue weighted by atomic mass is 10.1. The van der Waals surface area contributed by atoms with Crippen molar-refractivity contribution < 1.29 is 0 Å². The van der Waals surface area contributed by atoms with Gasteiger partial charge in [0.2, 0.25) is 0 Å². The Bertz CT molecular complexity index is 271. The highest BCUT2D eigenvalue weighted by molar-refractivity contribution is 7.98. The van der Waals surface area contributed by atoms with Crippen LogP contribution in [0.3, 0.4) is 0 Å². The van der Waals surface area contributed by atoms with Crippen LogP contribution in [0.15, 0.2) is 17.3 Å². The van der Waals surface area contributed by atoms with Crippen molar-refractivity contribution in [3.8, 4) is 0 Å². The lowest BCUT2D eigenvalue weighted by molar-refractivity contribution is 0.802. The number of nitrogens with zero attached hydrogens (tertiary/aromatic N) is 1. The van der Waals surface area contributed by atoms with E-state index in [1.807, 2.05) is 19.4 Å². The second-order valence-corrected chi connectivity index (χ2v) is 3.68. The fraction of sp³-hybridized carbons (Fsp3) is 0.444. The topological polar surface area (TPSA) is 38.9 Å². The Labute approximate surface area is 77.6 Å². The summed E-state index contributed by atoms with van der Waals surface area (Å²) < 4.78 is 0. The summed E-state index contributed by atoms with van der Waals surface area (Å²) in [6.45, 7) is 4.03. The van der Waals surface area contributed by atoms with Crippen LogP contribution in [0.2, 0.25) is 0 Å². The summed E-state index contributed by atoms with van der Waals surface area (Å²) >= 11 is 1.66. The normalized spacial score (nSPS) is 13.0. The SMILES string of the molecule is CSc1ncc([C@@H](C)N)cc1C. The van der Waals surface area contributed by atoms with Gasteiger partial charge >= 0.3 is 0 Å². The fourth-order valence-electron chi connectivity index (χ4n) is 1.05. The number of hydrogen-bond donors (Lipinski definition) is 1. The molecule has 1 atom stereocenters. The van der Waals surface area contributed by atoms with Gasteiger partial charge in [-0.15, -0.1) is 11.8 Å². The van der Waals surface area contributed by atoms with Crippen LogP contribution in [-0.2, 0) is 0 Å². The van der Waals surface area contributed by atoms with E-state index in [1.54, 1.807) is 11.8 Å². The number of pyridine rings is 1. The second kappa shape index (κ2) is 3.92. The third-order valence-electron chi connectivity index (χ3n) is 1.77. The molecule has 66 valence electrons. The Hall–Kier alpha value is -0.540. The number of aromatic nitrogens is 1. The van der Waals surface area contributed by atoms with Gasteiger partial charge in [-0.05, 0) is 31.2 Å². The molecule has 0 spiro atoms. The summed E-state index contributed by atoms with van der Waals surface area (Å²) in [7, 11) is 0. The fourth-order valence-corrected chi connectivity index (χ4v) is 1.59. The first-order valence-electron chi connectivity index (χ1n) is 3.91. The summed E-state index contributed by atoms with van der Waals surface area (Å²) in [6.07, 6.45) is 3.88. The summed E-state index contributed by atoms with van der Waals surface area (Å²) in [5.74, 6) is 0. The molecule has 1 rings (SSSR count). The molecule has 2 nitrogen and oxygen atoms in total. The largest absolute Gasteiger partial charge is 0.324 e. The Balaban J connectivity index is 3.02. The molecule has 0 amide bonds. The Morgan fingerprint density at radius 3 is 2.67 bits per heavy atom. The van der Waals surface area contributed by atoms with Crippen LogP contribution in [0.5, 0.6) is 0 Å². The zero-order valence-corrected chi connectivity index (χ0v) is 8.48. The zero-order valence-electron chi connectivity index (χ0n) is 7.66. The first-order chi connectivity index (χ1) is 5.65. The van der Waals surface area contributed by atoms with E-state index in [2.05, 4.69) is 18.0 Å². The highest BCUT2D eigenvalue weighted by Crippen LogP contribution is 2.19. The molecule has 0 aliphatic rings. The van der Waals surface area contributed by atoms with Gasteiger partial charge in [-0.3, -0.25) is 0 Å². The highest BCUT2D eigenvalue weighted by Gasteiger charge is 2.03. The molecular formula is C9H14N2S. The molecule has 2 N–H and O–H groups in total. The van der Waals surface area contributed by atoms with Crippen molar-refractivity contribution in [1.82, 2.24) is 4.98 Å². The van der Waals surface area contributed by atoms with Crippen LogP contribution in [0.4, 0.5) is 0 Å². The van der Waals surface area contributed by atoms with E-state index >= 15 is 0 Å². The molecule has 0 aliphatic carbocycles. The Morgan fingerprint density at radius 2 is 2.25 bits per heavy atom. The molecule has 0 bridgehead atoms. The van der Waals surface area contributed by atoms with Gasteiger partial charge in [0.15, 0.2) is 0 Å². The van der Waals surface area contributed by atoms with Crippen LogP contribution in [-0.4, -0.2) is 11.2 Å². The maximum atomic E-state index is 5.73. The van der Waals surface area contributed by atoms with Gasteiger partial charge in [0.1, 0.15) is 0 Å². The second-order valence-electron chi connectivity index (χ2n) is 2.88. The Kier molecular flexibility index (Phi) is 3.12. The highest BCUT2D eigenvalue weighted by atomic mass is 32.2. The summed E-state index contributed by atoms with van der Waals surface area (Å²) in [4.78, 5) is 4.30. The van der Waals surface area contributed by atoms with Crippen LogP contribution in [0.25, 0.3) is 0 Å². The average molecular weight is 182 g/mol. The number of aryl methyl sites for hydroxylation is 1. The molecule has 0 fully saturated rings. The predicted molar refractivity (Wildman–Crippen MR) is 53.4 cm³/mol. The molecule has 0 radical (unpaired) electrons. The molecule has 12 heavy (non-hydrogen) atoms. The van der Waals surface area contributed by atoms with Gasteiger partial charge in [0.05, 0.1) is 5.03 Å². The smallest absolute Gasteiger partial charge is 0.0986 e. The molecular weight excluding hydrogens is 168 g/mol. The number of thioether (sulfide) groups is 1. The van der Waals surface area contributed by atoms with Crippen molar-refractivity contribution in [2.75, 3.05) is 6.26 Å². The van der Waals surface area contributed by atoms with Crippen molar-refractivity contribution in [2.45, 2.75) is 24.9 Å². The van der Waals surface area contributed by atoms with Crippen LogP contribution in [0.1, 0.15) is 24.1 Å². The minimum atomic E-state index is 0.0760. The third kappa shape index (κ3) is 1.99. The van der Waals surface area contributed by atoms with Gasteiger partial charge in [0.25, 0.3) is 0 Å². The maximum Gasteiger partial charge on any atom is 0.0986 e. The molecule has 0 aliphatic heterocycles. The van der Waals surface area contributed by atoms with Crippen LogP contribution < -0.4 is 5.73 Å². The Morgan fingerprint density at radius 1 is 1.58 bits per heavy atom. The third-order valence-corrected chi connectivity index (χ3v) is 2.58. The lowest BCUT2D eigenvalue weighted by Crippen LogP contribution is -2.05. The molecule has 0 unspecified atom stereocenters. The van der Waals surface area contributed by atoms with Crippen molar-refractivity contribution in [3.63, 3.8) is 0 Å². The van der Waals surface area contributed by atoms with E-state index < -0.39 is 0 Å². The average Bonchev–Trinajstić information content (AvgIpc) is 2.04. The van der Waals surface area contributed by atoms with Gasteiger partial charge in [0, 0.05) is 12.2 Å². The van der Waals surface area contributed by atoms with Gasteiger partial charge in [-0.2, -0.15) is 0 Å². The molecule has 1 heterocycles. The monoisotopic (exact) mass is 182 g/mol. The first kappa shape index (κ1) is 9.55. The van der Waals surface area contributed by atoms with E-state index in [9.17, 15) is 0 Å². The van der Waals surface area contributed by atoms with E-state index in [1.165, 1.54) is 5.56 Å². The van der Waals surface area contributed by atoms with Gasteiger partial charge in [-0.1, -0.05) is 6.07 Å². The summed E-state index contributed by atoms with van der Waals surface area (Å²) in [5.41, 5.74) is 8.04. The molecule has 0 aromatic carbocycles. The first-order valence-corrected chi connectivity index (χ1v) is 5.13. The minimum absolute atomic E-state index is 0.0760. The van der Waals surface area contributed by atoms with Crippen LogP contribution in [0, 0.1) is 6.92 Å². The van der Waals surface area contributed by atoms with Gasteiger partial charge < -0.3 is 5.73 Å². The molecule has 0 saturated heterocycles. The predicted octanol–water partition coefficient (Wildman–Crippen LogP) is 2.13. The van der Waals surface area contributed by atoms with E-state index in [0.29, 0.717) is 0 Å². The van der Waals surface area contributed by atoms with Crippen molar-refractivity contribution in [3.05, 3.63) is 23.4 Å². The quantitative estimate of drug-likeness (QED) is 0.712. The minimum Gasteiger partial charge on any atom is -0.324 e. The number of hydrogen-bond acceptors (Lipinski definition) is 3. The maximum absolute atomic E-state index is 5.73. The number of rotatable bonds is 2. The van der Waals surface area contributed by atoms with Crippen molar-refractivity contribution in [1.29, 1.82) is 0 Å². The van der Waals surface area contributed by atoms with Crippen LogP contribution >= 0.6 is 11.8 Å². The standard InChI is InChI=1S/C9H14N2S/c1-6-4-8(7(2)10)5-11-9(6)12-3/h4-5,7H,10H2,1-3H3/t7-/m1/s1. The summed E-state index contributed by atoms with van der Waals surface area (Å²) in [6, 6.07) is 2.18. The van der Waals surface area contributed by atoms with E-state index in [0.717, 1.165) is 10.6 Å². The summed E-state index contributed by atoms with van der Waals surface area (Å²) in [5, 5.41) is 1.08. The number of nitrogens with two attached hydrogens (primary N) is 1. The van der Waals surface area contributed by atoms with E-state index in [4.69, 9.17) is 5.73 Å².